The fourth-order valence-electron chi connectivity index (χ4n) is 5.87. The van der Waals surface area contributed by atoms with Crippen molar-refractivity contribution in [1.29, 1.82) is 5.26 Å². The molecule has 3 amide bonds. The number of carbonyl (C=O) groups excluding carboxylic acids is 3. The minimum atomic E-state index is -0.524. The van der Waals surface area contributed by atoms with Gasteiger partial charge in [-0.2, -0.15) is 5.26 Å². The molecule has 6 rings (SSSR count). The first-order valence-electron chi connectivity index (χ1n) is 16.8. The standard InChI is InChI=1S/C41H36ClN5O3S2/c1-2-36(40(50)46-41-34(24-43)33-19-20-47(26-37(33)52-41)25-27-11-5-3-6-12-27)51-32-18-10-17-31(23-32)44-39(49)35(22-28-13-9-16-30(42)21-28)45-38(48)29-14-7-4-8-15-29/h3-18,21-23,36H,2,19-20,25-26H2,1H3,(H,44,49)(H,45,48)(H,46,50)/b35-22-. The van der Waals surface area contributed by atoms with E-state index in [1.165, 1.54) is 28.7 Å². The van der Waals surface area contributed by atoms with Gasteiger partial charge in [0, 0.05) is 45.7 Å². The first kappa shape index (κ1) is 36.6. The Labute approximate surface area is 316 Å². The van der Waals surface area contributed by atoms with Gasteiger partial charge < -0.3 is 16.0 Å². The first-order chi connectivity index (χ1) is 25.3. The number of benzene rings is 4. The smallest absolute Gasteiger partial charge is 0.272 e. The Morgan fingerprint density at radius 1 is 0.962 bits per heavy atom. The molecule has 0 fully saturated rings. The van der Waals surface area contributed by atoms with E-state index in [1.54, 1.807) is 72.8 Å². The summed E-state index contributed by atoms with van der Waals surface area (Å²) in [6.45, 7) is 4.35. The average molecular weight is 746 g/mol. The van der Waals surface area contributed by atoms with Crippen LogP contribution in [0.15, 0.2) is 120 Å². The summed E-state index contributed by atoms with van der Waals surface area (Å²) in [4.78, 5) is 44.5. The molecule has 52 heavy (non-hydrogen) atoms. The maximum absolute atomic E-state index is 13.6. The Morgan fingerprint density at radius 2 is 1.71 bits per heavy atom. The van der Waals surface area contributed by atoms with E-state index in [9.17, 15) is 19.6 Å². The molecule has 1 aliphatic heterocycles. The van der Waals surface area contributed by atoms with E-state index >= 15 is 0 Å². The van der Waals surface area contributed by atoms with Gasteiger partial charge in [0.15, 0.2) is 0 Å². The molecule has 0 radical (unpaired) electrons. The summed E-state index contributed by atoms with van der Waals surface area (Å²) in [5.74, 6) is -1.14. The molecular formula is C41H36ClN5O3S2. The number of anilines is 2. The van der Waals surface area contributed by atoms with Gasteiger partial charge in [0.2, 0.25) is 5.91 Å². The van der Waals surface area contributed by atoms with Crippen molar-refractivity contribution in [1.82, 2.24) is 10.2 Å². The zero-order valence-corrected chi connectivity index (χ0v) is 30.8. The maximum Gasteiger partial charge on any atom is 0.272 e. The number of fused-ring (bicyclic) bond motifs is 1. The number of carbonyl (C=O) groups is 3. The molecule has 0 bridgehead atoms. The molecule has 0 aliphatic carbocycles. The number of hydrogen-bond acceptors (Lipinski definition) is 7. The van der Waals surface area contributed by atoms with E-state index in [1.807, 2.05) is 37.3 Å². The quantitative estimate of drug-likeness (QED) is 0.0870. The number of rotatable bonds is 12. The van der Waals surface area contributed by atoms with Gasteiger partial charge in [0.1, 0.15) is 16.8 Å². The monoisotopic (exact) mass is 745 g/mol. The summed E-state index contributed by atoms with van der Waals surface area (Å²) < 4.78 is 0. The summed E-state index contributed by atoms with van der Waals surface area (Å²) in [5.41, 5.74) is 4.40. The number of thiophene rings is 1. The molecule has 3 N–H and O–H groups in total. The summed E-state index contributed by atoms with van der Waals surface area (Å²) in [6.07, 6.45) is 2.87. The average Bonchev–Trinajstić information content (AvgIpc) is 3.50. The van der Waals surface area contributed by atoms with Crippen molar-refractivity contribution < 1.29 is 14.4 Å². The molecule has 2 heterocycles. The fourth-order valence-corrected chi connectivity index (χ4v) is 8.32. The lowest BCUT2D eigenvalue weighted by Crippen LogP contribution is -2.30. The molecule has 5 aromatic rings. The number of amides is 3. The van der Waals surface area contributed by atoms with Gasteiger partial charge in [-0.1, -0.05) is 85.3 Å². The third-order valence-corrected chi connectivity index (χ3v) is 11.2. The molecule has 0 spiro atoms. The van der Waals surface area contributed by atoms with Gasteiger partial charge in [-0.05, 0) is 78.1 Å². The number of hydrogen-bond donors (Lipinski definition) is 3. The molecule has 0 saturated heterocycles. The molecule has 1 atom stereocenters. The zero-order valence-electron chi connectivity index (χ0n) is 28.4. The maximum atomic E-state index is 13.6. The number of nitriles is 1. The second kappa shape index (κ2) is 17.4. The number of thioether (sulfide) groups is 1. The predicted octanol–water partition coefficient (Wildman–Crippen LogP) is 8.75. The molecule has 0 saturated carbocycles. The highest BCUT2D eigenvalue weighted by atomic mass is 35.5. The van der Waals surface area contributed by atoms with Crippen LogP contribution in [-0.2, 0) is 29.1 Å². The molecule has 1 aliphatic rings. The first-order valence-corrected chi connectivity index (χ1v) is 18.9. The molecule has 4 aromatic carbocycles. The molecule has 11 heteroatoms. The Hall–Kier alpha value is -5.18. The molecule has 262 valence electrons. The summed E-state index contributed by atoms with van der Waals surface area (Å²) in [7, 11) is 0. The van der Waals surface area contributed by atoms with Crippen LogP contribution in [-0.4, -0.2) is 34.4 Å². The van der Waals surface area contributed by atoms with Crippen LogP contribution in [0.5, 0.6) is 0 Å². The molecule has 1 aromatic heterocycles. The van der Waals surface area contributed by atoms with Crippen LogP contribution in [0.3, 0.4) is 0 Å². The van der Waals surface area contributed by atoms with Crippen LogP contribution in [0.2, 0.25) is 5.02 Å². The lowest BCUT2D eigenvalue weighted by molar-refractivity contribution is -0.116. The lowest BCUT2D eigenvalue weighted by Gasteiger charge is -2.26. The normalized spacial score (nSPS) is 13.4. The number of halogens is 1. The van der Waals surface area contributed by atoms with Gasteiger partial charge in [-0.15, -0.1) is 23.1 Å². The van der Waals surface area contributed by atoms with E-state index in [4.69, 9.17) is 11.6 Å². The molecule has 1 unspecified atom stereocenters. The van der Waals surface area contributed by atoms with Gasteiger partial charge in [-0.25, -0.2) is 0 Å². The van der Waals surface area contributed by atoms with Crippen LogP contribution < -0.4 is 16.0 Å². The number of nitrogens with zero attached hydrogens (tertiary/aromatic N) is 2. The fraction of sp³-hybridized carbons (Fsp3) is 0.171. The van der Waals surface area contributed by atoms with Crippen molar-refractivity contribution in [3.63, 3.8) is 0 Å². The minimum Gasteiger partial charge on any atom is -0.321 e. The Morgan fingerprint density at radius 3 is 2.44 bits per heavy atom. The van der Waals surface area contributed by atoms with Gasteiger partial charge >= 0.3 is 0 Å². The van der Waals surface area contributed by atoms with Crippen molar-refractivity contribution in [2.75, 3.05) is 17.2 Å². The second-order valence-corrected chi connectivity index (χ2v) is 15.0. The highest BCUT2D eigenvalue weighted by Crippen LogP contribution is 2.38. The Balaban J connectivity index is 1.13. The predicted molar refractivity (Wildman–Crippen MR) is 210 cm³/mol. The van der Waals surface area contributed by atoms with Crippen molar-refractivity contribution in [3.05, 3.63) is 153 Å². The third-order valence-electron chi connectivity index (χ3n) is 8.46. The van der Waals surface area contributed by atoms with Gasteiger partial charge in [0.05, 0.1) is 10.8 Å². The van der Waals surface area contributed by atoms with Crippen LogP contribution >= 0.6 is 34.7 Å². The van der Waals surface area contributed by atoms with E-state index < -0.39 is 17.1 Å². The summed E-state index contributed by atoms with van der Waals surface area (Å²) >= 11 is 9.05. The highest BCUT2D eigenvalue weighted by Gasteiger charge is 2.27. The van der Waals surface area contributed by atoms with E-state index in [0.29, 0.717) is 38.8 Å². The van der Waals surface area contributed by atoms with Crippen LogP contribution in [0.25, 0.3) is 6.08 Å². The Kier molecular flexibility index (Phi) is 12.2. The largest absolute Gasteiger partial charge is 0.321 e. The molecule has 8 nitrogen and oxygen atoms in total. The summed E-state index contributed by atoms with van der Waals surface area (Å²) in [6, 6.07) is 35.5. The minimum absolute atomic E-state index is 0.0371. The van der Waals surface area contributed by atoms with Crippen molar-refractivity contribution in [3.8, 4) is 6.07 Å². The van der Waals surface area contributed by atoms with Crippen molar-refractivity contribution in [2.24, 2.45) is 0 Å². The van der Waals surface area contributed by atoms with E-state index in [2.05, 4.69) is 39.1 Å². The SMILES string of the molecule is CCC(Sc1cccc(NC(=O)/C(=C/c2cccc(Cl)c2)NC(=O)c2ccccc2)c1)C(=O)Nc1sc2c(c1C#N)CCN(Cc1ccccc1)C2. The third kappa shape index (κ3) is 9.37. The molecular weight excluding hydrogens is 710 g/mol. The summed E-state index contributed by atoms with van der Waals surface area (Å²) in [5, 5.41) is 19.4. The van der Waals surface area contributed by atoms with Crippen LogP contribution in [0.1, 0.15) is 50.8 Å². The highest BCUT2D eigenvalue weighted by molar-refractivity contribution is 8.00. The topological polar surface area (TPSA) is 114 Å². The second-order valence-electron chi connectivity index (χ2n) is 12.2. The zero-order chi connectivity index (χ0) is 36.5. The van der Waals surface area contributed by atoms with Crippen LogP contribution in [0.4, 0.5) is 10.7 Å². The Bertz CT molecular complexity index is 2150. The van der Waals surface area contributed by atoms with Gasteiger partial charge in [-0.3, -0.25) is 19.3 Å². The van der Waals surface area contributed by atoms with Crippen LogP contribution in [0, 0.1) is 11.3 Å². The van der Waals surface area contributed by atoms with E-state index in [0.717, 1.165) is 41.4 Å². The van der Waals surface area contributed by atoms with E-state index in [-0.39, 0.29) is 11.6 Å². The van der Waals surface area contributed by atoms with Crippen molar-refractivity contribution in [2.45, 2.75) is 43.0 Å². The van der Waals surface area contributed by atoms with Crippen molar-refractivity contribution >= 4 is 69.2 Å². The lowest BCUT2D eigenvalue weighted by atomic mass is 10.0. The number of nitrogens with one attached hydrogen (secondary N) is 3. The van der Waals surface area contributed by atoms with Gasteiger partial charge in [0.25, 0.3) is 11.8 Å².